The van der Waals surface area contributed by atoms with Crippen molar-refractivity contribution in [2.75, 3.05) is 7.11 Å². The first-order valence-electron chi connectivity index (χ1n) is 8.87. The molecule has 0 aromatic heterocycles. The van der Waals surface area contributed by atoms with Crippen LogP contribution in [-0.2, 0) is 9.47 Å². The van der Waals surface area contributed by atoms with E-state index in [-0.39, 0.29) is 5.90 Å². The van der Waals surface area contributed by atoms with E-state index in [1.165, 1.54) is 7.11 Å². The van der Waals surface area contributed by atoms with E-state index in [1.807, 2.05) is 0 Å². The van der Waals surface area contributed by atoms with Crippen molar-refractivity contribution in [3.63, 3.8) is 0 Å². The Labute approximate surface area is 157 Å². The van der Waals surface area contributed by atoms with Crippen LogP contribution in [0.3, 0.4) is 0 Å². The van der Waals surface area contributed by atoms with E-state index < -0.39 is 28.6 Å². The summed E-state index contributed by atoms with van der Waals surface area (Å²) in [5, 5.41) is 38.9. The van der Waals surface area contributed by atoms with Crippen LogP contribution in [0, 0.1) is 56.2 Å². The lowest BCUT2D eigenvalue weighted by atomic mass is 9.51. The van der Waals surface area contributed by atoms with E-state index in [0.717, 1.165) is 12.8 Å². The van der Waals surface area contributed by atoms with E-state index in [0.29, 0.717) is 24.2 Å². The van der Waals surface area contributed by atoms with Crippen molar-refractivity contribution in [3.8, 4) is 24.0 Å². The minimum atomic E-state index is -1.90. The third-order valence-electron chi connectivity index (χ3n) is 6.21. The summed E-state index contributed by atoms with van der Waals surface area (Å²) in [5.41, 5.74) is -3.00. The third-order valence-corrected chi connectivity index (χ3v) is 6.21. The fourth-order valence-corrected chi connectivity index (χ4v) is 4.97. The smallest absolute Gasteiger partial charge is 0.217 e. The van der Waals surface area contributed by atoms with Crippen molar-refractivity contribution in [1.29, 1.82) is 21.2 Å². The fourth-order valence-electron chi connectivity index (χ4n) is 4.97. The first-order valence-corrected chi connectivity index (χ1v) is 8.87. The zero-order valence-electron chi connectivity index (χ0n) is 14.9. The number of nitriles is 3. The zero-order valence-corrected chi connectivity index (χ0v) is 14.9. The molecule has 1 aromatic carbocycles. The molecule has 3 fully saturated rings. The number of nitrogens with one attached hydrogen (secondary N) is 1. The van der Waals surface area contributed by atoms with E-state index in [9.17, 15) is 15.8 Å². The first kappa shape index (κ1) is 17.3. The molecule has 0 amide bonds. The van der Waals surface area contributed by atoms with E-state index in [1.54, 1.807) is 24.3 Å². The van der Waals surface area contributed by atoms with Crippen LogP contribution in [-0.4, -0.2) is 18.8 Å². The lowest BCUT2D eigenvalue weighted by molar-refractivity contribution is -0.294. The van der Waals surface area contributed by atoms with E-state index in [2.05, 4.69) is 18.2 Å². The van der Waals surface area contributed by atoms with Crippen LogP contribution in [0.15, 0.2) is 24.3 Å². The van der Waals surface area contributed by atoms with Crippen LogP contribution in [0.4, 0.5) is 0 Å². The summed E-state index contributed by atoms with van der Waals surface area (Å²) < 4.78 is 17.4. The number of methoxy groups -OCH3 is 1. The number of ether oxygens (including phenoxy) is 3. The predicted octanol–water partition coefficient (Wildman–Crippen LogP) is 3.20. The molecule has 0 spiro atoms. The molecular formula is C20H18N4O3. The molecule has 1 aliphatic carbocycles. The molecule has 7 heteroatoms. The highest BCUT2D eigenvalue weighted by molar-refractivity contribution is 5.89. The molecule has 2 bridgehead atoms. The zero-order chi connectivity index (χ0) is 19.3. The Morgan fingerprint density at radius 2 is 1.96 bits per heavy atom. The normalized spacial score (nSPS) is 35.7. The second kappa shape index (κ2) is 5.71. The molecule has 2 saturated heterocycles. The summed E-state index contributed by atoms with van der Waals surface area (Å²) >= 11 is 0. The van der Waals surface area contributed by atoms with E-state index in [4.69, 9.17) is 19.6 Å². The second-order valence-corrected chi connectivity index (χ2v) is 7.27. The maximum absolute atomic E-state index is 10.2. The molecular weight excluding hydrogens is 344 g/mol. The van der Waals surface area contributed by atoms with Gasteiger partial charge in [0.25, 0.3) is 0 Å². The molecule has 0 radical (unpaired) electrons. The monoisotopic (exact) mass is 362 g/mol. The Morgan fingerprint density at radius 1 is 1.19 bits per heavy atom. The van der Waals surface area contributed by atoms with Gasteiger partial charge in [-0.15, -0.1) is 0 Å². The van der Waals surface area contributed by atoms with Gasteiger partial charge in [0, 0.05) is 6.42 Å². The third kappa shape index (κ3) is 1.89. The highest BCUT2D eigenvalue weighted by Crippen LogP contribution is 2.69. The van der Waals surface area contributed by atoms with Crippen LogP contribution in [0.25, 0.3) is 0 Å². The van der Waals surface area contributed by atoms with Gasteiger partial charge in [0.05, 0.1) is 31.2 Å². The minimum Gasteiger partial charge on any atom is -0.497 e. The second-order valence-electron chi connectivity index (χ2n) is 7.27. The molecule has 1 aromatic rings. The number of hydrogen-bond acceptors (Lipinski definition) is 7. The molecule has 2 heterocycles. The summed E-state index contributed by atoms with van der Waals surface area (Å²) in [5.74, 6) is -1.43. The molecule has 4 rings (SSSR count). The molecule has 1 saturated carbocycles. The van der Waals surface area contributed by atoms with Gasteiger partial charge >= 0.3 is 0 Å². The van der Waals surface area contributed by atoms with Crippen LogP contribution in [0.1, 0.15) is 37.4 Å². The molecule has 27 heavy (non-hydrogen) atoms. The van der Waals surface area contributed by atoms with Crippen molar-refractivity contribution in [3.05, 3.63) is 29.8 Å². The highest BCUT2D eigenvalue weighted by Gasteiger charge is 2.80. The summed E-state index contributed by atoms with van der Waals surface area (Å²) in [4.78, 5) is 0. The fraction of sp³-hybridized carbons (Fsp3) is 0.500. The maximum Gasteiger partial charge on any atom is 0.217 e. The molecule has 7 nitrogen and oxygen atoms in total. The number of rotatable bonds is 2. The molecule has 2 aliphatic heterocycles. The van der Waals surface area contributed by atoms with Crippen molar-refractivity contribution in [2.45, 2.75) is 37.6 Å². The number of hydrogen-bond donors (Lipinski definition) is 1. The van der Waals surface area contributed by atoms with Crippen LogP contribution >= 0.6 is 0 Å². The van der Waals surface area contributed by atoms with Crippen LogP contribution in [0.5, 0.6) is 5.75 Å². The quantitative estimate of drug-likeness (QED) is 0.861. The molecule has 0 unspecified atom stereocenters. The van der Waals surface area contributed by atoms with Gasteiger partial charge in [-0.3, -0.25) is 5.41 Å². The topological polar surface area (TPSA) is 123 Å². The summed E-state index contributed by atoms with van der Waals surface area (Å²) in [6.07, 6.45) is 1.75. The minimum absolute atomic E-state index is 0.328. The van der Waals surface area contributed by atoms with Crippen LogP contribution in [0.2, 0.25) is 0 Å². The summed E-state index contributed by atoms with van der Waals surface area (Å²) in [7, 11) is 1.53. The van der Waals surface area contributed by atoms with Crippen molar-refractivity contribution in [1.82, 2.24) is 0 Å². The molecule has 4 atom stereocenters. The Kier molecular flexibility index (Phi) is 3.67. The lowest BCUT2D eigenvalue weighted by Gasteiger charge is -2.51. The van der Waals surface area contributed by atoms with Gasteiger partial charge in [-0.2, -0.15) is 15.8 Å². The molecule has 136 valence electrons. The van der Waals surface area contributed by atoms with Gasteiger partial charge in [0.15, 0.2) is 5.41 Å². The SMILES string of the molecule is COc1cccc([C@H]2O[C@@]34CCCC[C@H]3[C@](C#N)(C(=N)O4)C2(C#N)C#N)c1. The van der Waals surface area contributed by atoms with Gasteiger partial charge < -0.3 is 14.2 Å². The average molecular weight is 362 g/mol. The largest absolute Gasteiger partial charge is 0.497 e. The maximum atomic E-state index is 10.2. The Balaban J connectivity index is 1.99. The van der Waals surface area contributed by atoms with Crippen LogP contribution < -0.4 is 4.74 Å². The Bertz CT molecular complexity index is 926. The number of nitrogens with zero attached hydrogens (tertiary/aromatic N) is 3. The molecule has 1 N–H and O–H groups in total. The first-order chi connectivity index (χ1) is 13.0. The van der Waals surface area contributed by atoms with Gasteiger partial charge in [-0.25, -0.2) is 0 Å². The van der Waals surface area contributed by atoms with Crippen molar-refractivity contribution in [2.24, 2.45) is 16.7 Å². The average Bonchev–Trinajstić information content (AvgIpc) is 2.92. The summed E-state index contributed by atoms with van der Waals surface area (Å²) in [6.45, 7) is 0. The van der Waals surface area contributed by atoms with E-state index >= 15 is 0 Å². The standard InChI is InChI=1S/C20H18N4O3/c1-25-14-6-4-5-13(9-14)16-18(10-21,11-22)19(12-23)15-7-2-3-8-20(15,26-16)27-17(19)24/h4-6,9,15-16,24H,2-3,7-8H2,1H3/t15-,16+,19+,20+/m0/s1. The van der Waals surface area contributed by atoms with Gasteiger partial charge in [-0.1, -0.05) is 18.6 Å². The highest BCUT2D eigenvalue weighted by atomic mass is 16.7. The van der Waals surface area contributed by atoms with Crippen molar-refractivity contribution < 1.29 is 14.2 Å². The molecule has 3 aliphatic rings. The number of benzene rings is 1. The lowest BCUT2D eigenvalue weighted by Crippen LogP contribution is -2.60. The summed E-state index contributed by atoms with van der Waals surface area (Å²) in [6, 6.07) is 13.2. The van der Waals surface area contributed by atoms with Crippen molar-refractivity contribution >= 4 is 5.90 Å². The van der Waals surface area contributed by atoms with Gasteiger partial charge in [0.2, 0.25) is 17.1 Å². The van der Waals surface area contributed by atoms with Gasteiger partial charge in [0.1, 0.15) is 11.9 Å². The van der Waals surface area contributed by atoms with Gasteiger partial charge in [-0.05, 0) is 30.5 Å². The Hall–Kier alpha value is -3.08. The Morgan fingerprint density at radius 3 is 2.63 bits per heavy atom. The predicted molar refractivity (Wildman–Crippen MR) is 92.0 cm³/mol.